The summed E-state index contributed by atoms with van der Waals surface area (Å²) in [5.74, 6) is 0. The molecule has 1 atom stereocenters. The molecule has 0 aromatic heterocycles. The lowest BCUT2D eigenvalue weighted by Crippen LogP contribution is -2.41. The van der Waals surface area contributed by atoms with Crippen molar-refractivity contribution in [1.29, 1.82) is 5.26 Å². The van der Waals surface area contributed by atoms with Crippen LogP contribution in [-0.4, -0.2) is 24.0 Å². The third-order valence-corrected chi connectivity index (χ3v) is 2.90. The Morgan fingerprint density at radius 1 is 1.67 bits per heavy atom. The maximum atomic E-state index is 8.84. The first kappa shape index (κ1) is 11.7. The molecule has 1 heterocycles. The van der Waals surface area contributed by atoms with Gasteiger partial charge in [-0.15, -0.1) is 0 Å². The lowest BCUT2D eigenvalue weighted by atomic mass is 9.89. The Kier molecular flexibility index (Phi) is 4.33. The molecule has 1 fully saturated rings. The Hall–Kier alpha value is -1.33. The standard InChI is InChI=1S/C13H18N2/c1-4-6-12-11(3)8-10-15(5-2)13(12)7-9-14/h4,6,13H,1,3,5,7-8,10H2,2H3/b12-6+. The smallest absolute Gasteiger partial charge is 0.0641 e. The van der Waals surface area contributed by atoms with Crippen LogP contribution in [0.2, 0.25) is 0 Å². The monoisotopic (exact) mass is 202 g/mol. The summed E-state index contributed by atoms with van der Waals surface area (Å²) in [5.41, 5.74) is 2.33. The van der Waals surface area contributed by atoms with E-state index in [9.17, 15) is 0 Å². The maximum absolute atomic E-state index is 8.84. The first-order chi connectivity index (χ1) is 7.24. The summed E-state index contributed by atoms with van der Waals surface area (Å²) in [6, 6.07) is 2.46. The molecule has 1 rings (SSSR count). The lowest BCUT2D eigenvalue weighted by Gasteiger charge is -2.36. The van der Waals surface area contributed by atoms with Gasteiger partial charge < -0.3 is 0 Å². The molecule has 0 bridgehead atoms. The fraction of sp³-hybridized carbons (Fsp3) is 0.462. The zero-order chi connectivity index (χ0) is 11.3. The van der Waals surface area contributed by atoms with E-state index < -0.39 is 0 Å². The number of hydrogen-bond donors (Lipinski definition) is 0. The van der Waals surface area contributed by atoms with E-state index in [-0.39, 0.29) is 6.04 Å². The maximum Gasteiger partial charge on any atom is 0.0641 e. The number of likely N-dealkylation sites (tertiary alicyclic amines) is 1. The van der Waals surface area contributed by atoms with E-state index >= 15 is 0 Å². The topological polar surface area (TPSA) is 27.0 Å². The Morgan fingerprint density at radius 2 is 2.40 bits per heavy atom. The first-order valence-electron chi connectivity index (χ1n) is 5.36. The van der Waals surface area contributed by atoms with Crippen molar-refractivity contribution < 1.29 is 0 Å². The van der Waals surface area contributed by atoms with Crippen LogP contribution < -0.4 is 0 Å². The van der Waals surface area contributed by atoms with Crippen LogP contribution in [-0.2, 0) is 0 Å². The minimum Gasteiger partial charge on any atom is -0.295 e. The molecule has 2 nitrogen and oxygen atoms in total. The van der Waals surface area contributed by atoms with E-state index in [0.717, 1.165) is 25.1 Å². The van der Waals surface area contributed by atoms with Crippen molar-refractivity contribution in [3.63, 3.8) is 0 Å². The van der Waals surface area contributed by atoms with Crippen LogP contribution in [0.1, 0.15) is 19.8 Å². The third kappa shape index (κ3) is 2.57. The Balaban J connectivity index is 2.95. The number of allylic oxidation sites excluding steroid dienone is 2. The van der Waals surface area contributed by atoms with Gasteiger partial charge in [0.15, 0.2) is 0 Å². The predicted octanol–water partition coefficient (Wildman–Crippen LogP) is 2.66. The molecule has 0 N–H and O–H groups in total. The van der Waals surface area contributed by atoms with Gasteiger partial charge in [0.05, 0.1) is 12.5 Å². The van der Waals surface area contributed by atoms with E-state index in [1.807, 2.05) is 6.08 Å². The second kappa shape index (κ2) is 5.53. The molecule has 0 amide bonds. The fourth-order valence-corrected chi connectivity index (χ4v) is 2.07. The first-order valence-corrected chi connectivity index (χ1v) is 5.36. The third-order valence-electron chi connectivity index (χ3n) is 2.90. The zero-order valence-corrected chi connectivity index (χ0v) is 9.37. The number of rotatable bonds is 3. The molecule has 80 valence electrons. The van der Waals surface area contributed by atoms with Crippen LogP contribution in [0.4, 0.5) is 0 Å². The van der Waals surface area contributed by atoms with Crippen molar-refractivity contribution in [2.45, 2.75) is 25.8 Å². The molecule has 1 saturated heterocycles. The van der Waals surface area contributed by atoms with E-state index in [1.165, 1.54) is 5.57 Å². The summed E-state index contributed by atoms with van der Waals surface area (Å²) in [6.07, 6.45) is 5.30. The van der Waals surface area contributed by atoms with Crippen molar-refractivity contribution in [2.75, 3.05) is 13.1 Å². The van der Waals surface area contributed by atoms with Crippen molar-refractivity contribution in [2.24, 2.45) is 0 Å². The SMILES string of the molecule is C=C/C=C1\C(=C)CCN(CC)C1CC#N. The Morgan fingerprint density at radius 3 is 2.93 bits per heavy atom. The van der Waals surface area contributed by atoms with Gasteiger partial charge >= 0.3 is 0 Å². The normalized spacial score (nSPS) is 25.2. The van der Waals surface area contributed by atoms with Gasteiger partial charge in [-0.1, -0.05) is 32.2 Å². The van der Waals surface area contributed by atoms with Crippen molar-refractivity contribution >= 4 is 0 Å². The zero-order valence-electron chi connectivity index (χ0n) is 9.37. The van der Waals surface area contributed by atoms with Crippen LogP contribution in [0.3, 0.4) is 0 Å². The van der Waals surface area contributed by atoms with Gasteiger partial charge in [-0.05, 0) is 24.1 Å². The quantitative estimate of drug-likeness (QED) is 0.703. The fourth-order valence-electron chi connectivity index (χ4n) is 2.07. The van der Waals surface area contributed by atoms with Gasteiger partial charge in [0, 0.05) is 12.6 Å². The Bertz CT molecular complexity index is 320. The van der Waals surface area contributed by atoms with Gasteiger partial charge in [0.1, 0.15) is 0 Å². The molecule has 1 unspecified atom stereocenters. The highest BCUT2D eigenvalue weighted by atomic mass is 15.2. The second-order valence-corrected chi connectivity index (χ2v) is 3.72. The molecule has 0 saturated carbocycles. The number of likely N-dealkylation sites (N-methyl/N-ethyl adjacent to an activating group) is 1. The highest BCUT2D eigenvalue weighted by Gasteiger charge is 2.26. The lowest BCUT2D eigenvalue weighted by molar-refractivity contribution is 0.222. The summed E-state index contributed by atoms with van der Waals surface area (Å²) in [6.45, 7) is 11.9. The van der Waals surface area contributed by atoms with Crippen LogP contribution in [0, 0.1) is 11.3 Å². The summed E-state index contributed by atoms with van der Waals surface area (Å²) in [4.78, 5) is 2.33. The van der Waals surface area contributed by atoms with Crippen LogP contribution in [0.15, 0.2) is 36.5 Å². The molecule has 15 heavy (non-hydrogen) atoms. The van der Waals surface area contributed by atoms with Crippen molar-refractivity contribution in [3.05, 3.63) is 36.5 Å². The molecular formula is C13H18N2. The molecule has 2 heteroatoms. The van der Waals surface area contributed by atoms with E-state index in [2.05, 4.69) is 31.1 Å². The second-order valence-electron chi connectivity index (χ2n) is 3.72. The number of piperidine rings is 1. The van der Waals surface area contributed by atoms with E-state index in [0.29, 0.717) is 6.42 Å². The summed E-state index contributed by atoms with van der Waals surface area (Å²) in [5, 5.41) is 8.84. The van der Waals surface area contributed by atoms with E-state index in [4.69, 9.17) is 5.26 Å². The van der Waals surface area contributed by atoms with Crippen LogP contribution in [0.25, 0.3) is 0 Å². The van der Waals surface area contributed by atoms with Gasteiger partial charge in [0.2, 0.25) is 0 Å². The predicted molar refractivity (Wildman–Crippen MR) is 63.3 cm³/mol. The average Bonchev–Trinajstić information content (AvgIpc) is 2.24. The van der Waals surface area contributed by atoms with Gasteiger partial charge in [-0.25, -0.2) is 0 Å². The summed E-state index contributed by atoms with van der Waals surface area (Å²) < 4.78 is 0. The van der Waals surface area contributed by atoms with Gasteiger partial charge in [-0.3, -0.25) is 4.90 Å². The number of nitrogens with zero attached hydrogens (tertiary/aromatic N) is 2. The molecular weight excluding hydrogens is 184 g/mol. The summed E-state index contributed by atoms with van der Waals surface area (Å²) >= 11 is 0. The van der Waals surface area contributed by atoms with E-state index in [1.54, 1.807) is 6.08 Å². The number of nitriles is 1. The van der Waals surface area contributed by atoms with Crippen molar-refractivity contribution in [3.8, 4) is 6.07 Å². The molecule has 0 aromatic rings. The van der Waals surface area contributed by atoms with Crippen LogP contribution >= 0.6 is 0 Å². The molecule has 1 aliphatic rings. The molecule has 0 aromatic carbocycles. The minimum atomic E-state index is 0.208. The number of hydrogen-bond acceptors (Lipinski definition) is 2. The highest BCUT2D eigenvalue weighted by molar-refractivity contribution is 5.38. The largest absolute Gasteiger partial charge is 0.295 e. The Labute approximate surface area is 92.2 Å². The molecule has 1 aliphatic heterocycles. The van der Waals surface area contributed by atoms with Crippen LogP contribution in [0.5, 0.6) is 0 Å². The average molecular weight is 202 g/mol. The molecule has 0 radical (unpaired) electrons. The van der Waals surface area contributed by atoms with Crippen molar-refractivity contribution in [1.82, 2.24) is 4.90 Å². The summed E-state index contributed by atoms with van der Waals surface area (Å²) in [7, 11) is 0. The highest BCUT2D eigenvalue weighted by Crippen LogP contribution is 2.28. The van der Waals surface area contributed by atoms with Gasteiger partial charge in [0.25, 0.3) is 0 Å². The molecule has 0 aliphatic carbocycles. The minimum absolute atomic E-state index is 0.208. The van der Waals surface area contributed by atoms with Gasteiger partial charge in [-0.2, -0.15) is 5.26 Å². The molecule has 0 spiro atoms.